The minimum atomic E-state index is 1.12. The van der Waals surface area contributed by atoms with Gasteiger partial charge >= 0.3 is 0 Å². The summed E-state index contributed by atoms with van der Waals surface area (Å²) in [5.74, 6) is 0. The molecule has 24 heavy (non-hydrogen) atoms. The zero-order valence-corrected chi connectivity index (χ0v) is 16.0. The standard InChI is InChI=1S/C23H37N/c1-5-9-12-14-15-18-22-20-21(17-11-7-3)23(8-4)24(22)19-16-13-10-6-2/h7-8,11,17,20H,3-6,9-10,12-16,18-19H2,1-2H3/b17-11-. The Balaban J connectivity index is 2.83. The SMILES string of the molecule is C=C/C=C\c1cc(CCCCCCC)n(CCCCCC)c1C=C. The Morgan fingerprint density at radius 2 is 1.58 bits per heavy atom. The van der Waals surface area contributed by atoms with Gasteiger partial charge in [0.15, 0.2) is 0 Å². The van der Waals surface area contributed by atoms with E-state index in [1.54, 1.807) is 0 Å². The van der Waals surface area contributed by atoms with Crippen LogP contribution in [0.4, 0.5) is 0 Å². The summed E-state index contributed by atoms with van der Waals surface area (Å²) in [7, 11) is 0. The predicted octanol–water partition coefficient (Wildman–Crippen LogP) is 7.42. The van der Waals surface area contributed by atoms with E-state index >= 15 is 0 Å². The van der Waals surface area contributed by atoms with Crippen molar-refractivity contribution in [2.45, 2.75) is 84.6 Å². The molecule has 0 unspecified atom stereocenters. The average Bonchev–Trinajstić information content (AvgIpc) is 2.93. The van der Waals surface area contributed by atoms with Crippen LogP contribution < -0.4 is 0 Å². The van der Waals surface area contributed by atoms with E-state index < -0.39 is 0 Å². The Morgan fingerprint density at radius 1 is 0.917 bits per heavy atom. The number of rotatable bonds is 14. The maximum absolute atomic E-state index is 4.06. The molecule has 134 valence electrons. The van der Waals surface area contributed by atoms with Crippen molar-refractivity contribution in [2.24, 2.45) is 0 Å². The molecule has 0 fully saturated rings. The van der Waals surface area contributed by atoms with Gasteiger partial charge in [0.2, 0.25) is 0 Å². The van der Waals surface area contributed by atoms with Crippen molar-refractivity contribution in [3.8, 4) is 0 Å². The van der Waals surface area contributed by atoms with E-state index in [1.807, 2.05) is 18.2 Å². The number of allylic oxidation sites excluding steroid dienone is 2. The highest BCUT2D eigenvalue weighted by Crippen LogP contribution is 2.22. The third kappa shape index (κ3) is 6.95. The molecule has 0 aliphatic heterocycles. The molecule has 0 aromatic carbocycles. The van der Waals surface area contributed by atoms with Crippen molar-refractivity contribution in [2.75, 3.05) is 0 Å². The third-order valence-corrected chi connectivity index (χ3v) is 4.63. The van der Waals surface area contributed by atoms with Crippen molar-refractivity contribution >= 4 is 12.2 Å². The molecule has 1 aromatic heterocycles. The van der Waals surface area contributed by atoms with Crippen LogP contribution >= 0.6 is 0 Å². The van der Waals surface area contributed by atoms with Gasteiger partial charge in [-0.25, -0.2) is 0 Å². The number of nitrogens with zero attached hydrogens (tertiary/aromatic N) is 1. The summed E-state index contributed by atoms with van der Waals surface area (Å²) >= 11 is 0. The lowest BCUT2D eigenvalue weighted by Gasteiger charge is -2.12. The van der Waals surface area contributed by atoms with Crippen molar-refractivity contribution in [3.05, 3.63) is 48.3 Å². The Labute approximate surface area is 150 Å². The molecule has 0 N–H and O–H groups in total. The summed E-state index contributed by atoms with van der Waals surface area (Å²) in [4.78, 5) is 0. The fourth-order valence-corrected chi connectivity index (χ4v) is 3.25. The first kappa shape index (κ1) is 20.5. The van der Waals surface area contributed by atoms with Gasteiger partial charge in [-0.15, -0.1) is 0 Å². The van der Waals surface area contributed by atoms with Gasteiger partial charge in [0.05, 0.1) is 0 Å². The van der Waals surface area contributed by atoms with Crippen molar-refractivity contribution in [3.63, 3.8) is 0 Å². The highest BCUT2D eigenvalue weighted by Gasteiger charge is 2.11. The number of aromatic nitrogens is 1. The molecule has 0 spiro atoms. The summed E-state index contributed by atoms with van der Waals surface area (Å²) in [6, 6.07) is 2.36. The Hall–Kier alpha value is -1.50. The van der Waals surface area contributed by atoms with Crippen molar-refractivity contribution in [1.29, 1.82) is 0 Å². The summed E-state index contributed by atoms with van der Waals surface area (Å²) in [6.45, 7) is 13.5. The van der Waals surface area contributed by atoms with E-state index in [0.29, 0.717) is 0 Å². The zero-order chi connectivity index (χ0) is 17.6. The molecule has 1 aromatic rings. The molecule has 1 heterocycles. The van der Waals surface area contributed by atoms with E-state index in [-0.39, 0.29) is 0 Å². The number of hydrogen-bond donors (Lipinski definition) is 0. The van der Waals surface area contributed by atoms with Crippen LogP contribution in [0, 0.1) is 0 Å². The summed E-state index contributed by atoms with van der Waals surface area (Å²) in [5, 5.41) is 0. The van der Waals surface area contributed by atoms with Crippen molar-refractivity contribution in [1.82, 2.24) is 4.57 Å². The molecule has 0 saturated heterocycles. The predicted molar refractivity (Wildman–Crippen MR) is 110 cm³/mol. The van der Waals surface area contributed by atoms with Crippen LogP contribution in [0.15, 0.2) is 31.4 Å². The van der Waals surface area contributed by atoms with Crippen LogP contribution in [-0.4, -0.2) is 4.57 Å². The Bertz CT molecular complexity index is 504. The lowest BCUT2D eigenvalue weighted by molar-refractivity contribution is 0.555. The minimum absolute atomic E-state index is 1.12. The molecular formula is C23H37N. The molecule has 0 radical (unpaired) electrons. The third-order valence-electron chi connectivity index (χ3n) is 4.63. The smallest absolute Gasteiger partial charge is 0.0476 e. The first-order valence-electron chi connectivity index (χ1n) is 9.92. The quantitative estimate of drug-likeness (QED) is 0.247. The first-order valence-corrected chi connectivity index (χ1v) is 9.92. The fraction of sp³-hybridized carbons (Fsp3) is 0.565. The van der Waals surface area contributed by atoms with Crippen LogP contribution in [0.2, 0.25) is 0 Å². The number of hydrogen-bond acceptors (Lipinski definition) is 0. The van der Waals surface area contributed by atoms with Crippen LogP contribution in [0.3, 0.4) is 0 Å². The number of aryl methyl sites for hydroxylation is 1. The zero-order valence-electron chi connectivity index (χ0n) is 16.0. The second kappa shape index (κ2) is 12.9. The number of unbranched alkanes of at least 4 members (excludes halogenated alkanes) is 7. The van der Waals surface area contributed by atoms with Crippen LogP contribution in [0.25, 0.3) is 12.2 Å². The molecule has 0 amide bonds. The van der Waals surface area contributed by atoms with Crippen LogP contribution in [0.5, 0.6) is 0 Å². The van der Waals surface area contributed by atoms with Gasteiger partial charge in [0.25, 0.3) is 0 Å². The van der Waals surface area contributed by atoms with Gasteiger partial charge in [0.1, 0.15) is 0 Å². The van der Waals surface area contributed by atoms with Gasteiger partial charge in [-0.05, 0) is 37.0 Å². The first-order chi connectivity index (χ1) is 11.8. The highest BCUT2D eigenvalue weighted by molar-refractivity contribution is 5.64. The molecule has 1 rings (SSSR count). The van der Waals surface area contributed by atoms with Gasteiger partial charge in [0, 0.05) is 17.9 Å². The van der Waals surface area contributed by atoms with E-state index in [1.165, 1.54) is 81.2 Å². The van der Waals surface area contributed by atoms with Crippen LogP contribution in [-0.2, 0) is 13.0 Å². The minimum Gasteiger partial charge on any atom is -0.345 e. The second-order valence-electron chi connectivity index (χ2n) is 6.65. The lowest BCUT2D eigenvalue weighted by Crippen LogP contribution is -2.05. The molecule has 0 bridgehead atoms. The summed E-state index contributed by atoms with van der Waals surface area (Å²) < 4.78 is 2.51. The monoisotopic (exact) mass is 327 g/mol. The topological polar surface area (TPSA) is 4.93 Å². The average molecular weight is 328 g/mol. The molecule has 0 atom stereocenters. The Kier molecular flexibility index (Phi) is 11.0. The van der Waals surface area contributed by atoms with E-state index in [9.17, 15) is 0 Å². The van der Waals surface area contributed by atoms with Crippen molar-refractivity contribution < 1.29 is 0 Å². The van der Waals surface area contributed by atoms with E-state index in [4.69, 9.17) is 0 Å². The van der Waals surface area contributed by atoms with E-state index in [0.717, 1.165) is 6.54 Å². The Morgan fingerprint density at radius 3 is 2.21 bits per heavy atom. The molecule has 0 saturated carbocycles. The maximum Gasteiger partial charge on any atom is 0.0476 e. The van der Waals surface area contributed by atoms with Gasteiger partial charge in [-0.2, -0.15) is 0 Å². The van der Waals surface area contributed by atoms with E-state index in [2.05, 4.69) is 43.7 Å². The molecule has 1 nitrogen and oxygen atoms in total. The molecule has 0 aliphatic rings. The summed E-state index contributed by atoms with van der Waals surface area (Å²) in [5.41, 5.74) is 4.03. The summed E-state index contributed by atoms with van der Waals surface area (Å²) in [6.07, 6.45) is 21.1. The normalized spacial score (nSPS) is 11.2. The largest absolute Gasteiger partial charge is 0.345 e. The lowest BCUT2D eigenvalue weighted by atomic mass is 10.1. The maximum atomic E-state index is 4.06. The molecule has 0 aliphatic carbocycles. The molecule has 1 heteroatoms. The van der Waals surface area contributed by atoms with Gasteiger partial charge in [-0.3, -0.25) is 0 Å². The second-order valence-corrected chi connectivity index (χ2v) is 6.65. The van der Waals surface area contributed by atoms with Crippen LogP contribution in [0.1, 0.15) is 88.6 Å². The molecular weight excluding hydrogens is 290 g/mol. The fourth-order valence-electron chi connectivity index (χ4n) is 3.25. The highest BCUT2D eigenvalue weighted by atomic mass is 15.0. The van der Waals surface area contributed by atoms with Gasteiger partial charge < -0.3 is 4.57 Å². The van der Waals surface area contributed by atoms with Gasteiger partial charge in [-0.1, -0.05) is 90.2 Å².